The zero-order valence-electron chi connectivity index (χ0n) is 15.1. The molecular weight excluding hydrogens is 332 g/mol. The summed E-state index contributed by atoms with van der Waals surface area (Å²) >= 11 is 0. The summed E-state index contributed by atoms with van der Waals surface area (Å²) in [4.78, 5) is 30.0. The van der Waals surface area contributed by atoms with Gasteiger partial charge in [-0.25, -0.2) is 4.98 Å². The van der Waals surface area contributed by atoms with Gasteiger partial charge in [0.25, 0.3) is 5.91 Å². The van der Waals surface area contributed by atoms with Crippen molar-refractivity contribution in [1.82, 2.24) is 4.98 Å². The Kier molecular flexibility index (Phi) is 4.54. The molecule has 2 amide bonds. The van der Waals surface area contributed by atoms with Crippen LogP contribution in [0.5, 0.6) is 5.75 Å². The molecule has 2 heterocycles. The quantitative estimate of drug-likeness (QED) is 0.881. The molecule has 3 N–H and O–H groups in total. The molecule has 7 nitrogen and oxygen atoms in total. The number of carbonyl (C=O) groups excluding carboxylic acids is 2. The Morgan fingerprint density at radius 2 is 1.92 bits per heavy atom. The largest absolute Gasteiger partial charge is 0.480 e. The van der Waals surface area contributed by atoms with Crippen molar-refractivity contribution in [3.63, 3.8) is 0 Å². The van der Waals surface area contributed by atoms with Crippen LogP contribution >= 0.6 is 0 Å². The lowest BCUT2D eigenvalue weighted by Crippen LogP contribution is -2.44. The van der Waals surface area contributed by atoms with Gasteiger partial charge in [-0.15, -0.1) is 0 Å². The predicted molar refractivity (Wildman–Crippen MR) is 100 cm³/mol. The standard InChI is InChI=1S/C19H22N4O3/c1-19(2,3)12-4-6-13(7-5-12)21-16(24)10-23-17(25)11-26-14-8-9-15(20)22-18(14)23/h4-9H,10-11H2,1-3H3,(H2,20,22)(H,21,24). The number of nitrogens with two attached hydrogens (primary N) is 1. The molecule has 0 atom stereocenters. The second-order valence-corrected chi connectivity index (χ2v) is 7.20. The van der Waals surface area contributed by atoms with E-state index in [1.165, 1.54) is 10.5 Å². The first-order chi connectivity index (χ1) is 12.2. The molecule has 1 aromatic carbocycles. The van der Waals surface area contributed by atoms with Gasteiger partial charge in [-0.3, -0.25) is 14.5 Å². The fourth-order valence-electron chi connectivity index (χ4n) is 2.65. The average Bonchev–Trinajstić information content (AvgIpc) is 2.57. The van der Waals surface area contributed by atoms with Crippen molar-refractivity contribution in [2.75, 3.05) is 29.1 Å². The first kappa shape index (κ1) is 17.7. The highest BCUT2D eigenvalue weighted by molar-refractivity contribution is 6.04. The van der Waals surface area contributed by atoms with Gasteiger partial charge < -0.3 is 15.8 Å². The molecule has 0 radical (unpaired) electrons. The molecule has 0 spiro atoms. The topological polar surface area (TPSA) is 97.5 Å². The van der Waals surface area contributed by atoms with E-state index in [2.05, 4.69) is 31.1 Å². The average molecular weight is 354 g/mol. The Bertz CT molecular complexity index is 841. The molecule has 3 rings (SSSR count). The fraction of sp³-hybridized carbons (Fsp3) is 0.316. The van der Waals surface area contributed by atoms with Crippen LogP contribution in [-0.4, -0.2) is 29.9 Å². The van der Waals surface area contributed by atoms with Crippen molar-refractivity contribution >= 4 is 29.1 Å². The summed E-state index contributed by atoms with van der Waals surface area (Å²) in [6.45, 7) is 6.08. The zero-order valence-corrected chi connectivity index (χ0v) is 15.1. The van der Waals surface area contributed by atoms with E-state index >= 15 is 0 Å². The molecule has 0 saturated carbocycles. The Morgan fingerprint density at radius 3 is 2.58 bits per heavy atom. The van der Waals surface area contributed by atoms with Gasteiger partial charge in [0.1, 0.15) is 12.4 Å². The number of carbonyl (C=O) groups is 2. The molecule has 7 heteroatoms. The van der Waals surface area contributed by atoms with E-state index in [9.17, 15) is 9.59 Å². The minimum absolute atomic E-state index is 0.0398. The summed E-state index contributed by atoms with van der Waals surface area (Å²) < 4.78 is 5.32. The van der Waals surface area contributed by atoms with Crippen LogP contribution in [0.1, 0.15) is 26.3 Å². The number of ether oxygens (including phenoxy) is 1. The minimum Gasteiger partial charge on any atom is -0.480 e. The van der Waals surface area contributed by atoms with Crippen molar-refractivity contribution < 1.29 is 14.3 Å². The number of hydrogen-bond acceptors (Lipinski definition) is 5. The first-order valence-electron chi connectivity index (χ1n) is 8.34. The molecule has 1 aromatic heterocycles. The van der Waals surface area contributed by atoms with Gasteiger partial charge in [-0.2, -0.15) is 0 Å². The Labute approximate surface area is 152 Å². The highest BCUT2D eigenvalue weighted by Crippen LogP contribution is 2.30. The van der Waals surface area contributed by atoms with E-state index in [0.29, 0.717) is 11.4 Å². The highest BCUT2D eigenvalue weighted by Gasteiger charge is 2.29. The fourth-order valence-corrected chi connectivity index (χ4v) is 2.65. The van der Waals surface area contributed by atoms with Crippen LogP contribution in [0.2, 0.25) is 0 Å². The molecule has 26 heavy (non-hydrogen) atoms. The molecule has 1 aliphatic rings. The molecule has 136 valence electrons. The number of nitrogens with zero attached hydrogens (tertiary/aromatic N) is 2. The van der Waals surface area contributed by atoms with Crippen LogP contribution < -0.4 is 20.7 Å². The summed E-state index contributed by atoms with van der Waals surface area (Å²) in [6, 6.07) is 10.9. The number of hydrogen-bond donors (Lipinski definition) is 2. The molecule has 0 bridgehead atoms. The van der Waals surface area contributed by atoms with E-state index < -0.39 is 0 Å². The monoisotopic (exact) mass is 354 g/mol. The molecule has 0 unspecified atom stereocenters. The van der Waals surface area contributed by atoms with Crippen molar-refractivity contribution in [3.05, 3.63) is 42.0 Å². The third kappa shape index (κ3) is 3.77. The number of pyridine rings is 1. The van der Waals surface area contributed by atoms with Gasteiger partial charge in [0.15, 0.2) is 18.2 Å². The van der Waals surface area contributed by atoms with Crippen molar-refractivity contribution in [1.29, 1.82) is 0 Å². The third-order valence-electron chi connectivity index (χ3n) is 4.11. The lowest BCUT2D eigenvalue weighted by atomic mass is 9.87. The Balaban J connectivity index is 1.72. The van der Waals surface area contributed by atoms with Crippen LogP contribution in [0.15, 0.2) is 36.4 Å². The predicted octanol–water partition coefficient (Wildman–Crippen LogP) is 2.33. The maximum absolute atomic E-state index is 12.4. The highest BCUT2D eigenvalue weighted by atomic mass is 16.5. The van der Waals surface area contributed by atoms with Crippen molar-refractivity contribution in [2.45, 2.75) is 26.2 Å². The Morgan fingerprint density at radius 1 is 1.23 bits per heavy atom. The van der Waals surface area contributed by atoms with Gasteiger partial charge in [-0.1, -0.05) is 32.9 Å². The van der Waals surface area contributed by atoms with E-state index in [1.807, 2.05) is 24.3 Å². The minimum atomic E-state index is -0.339. The lowest BCUT2D eigenvalue weighted by Gasteiger charge is -2.27. The van der Waals surface area contributed by atoms with E-state index in [1.54, 1.807) is 12.1 Å². The maximum Gasteiger partial charge on any atom is 0.266 e. The molecular formula is C19H22N4O3. The SMILES string of the molecule is CC(C)(C)c1ccc(NC(=O)CN2C(=O)COc3ccc(N)nc32)cc1. The number of anilines is 3. The zero-order chi connectivity index (χ0) is 18.9. The van der Waals surface area contributed by atoms with E-state index in [-0.39, 0.29) is 42.0 Å². The summed E-state index contributed by atoms with van der Waals surface area (Å²) in [5.74, 6) is 0.290. The summed E-state index contributed by atoms with van der Waals surface area (Å²) in [5.41, 5.74) is 7.57. The summed E-state index contributed by atoms with van der Waals surface area (Å²) in [7, 11) is 0. The molecule has 2 aromatic rings. The summed E-state index contributed by atoms with van der Waals surface area (Å²) in [5, 5.41) is 2.80. The third-order valence-corrected chi connectivity index (χ3v) is 4.11. The molecule has 0 saturated heterocycles. The number of nitrogen functional groups attached to an aromatic ring is 1. The van der Waals surface area contributed by atoms with Gasteiger partial charge in [0.05, 0.1) is 0 Å². The number of rotatable bonds is 3. The van der Waals surface area contributed by atoms with Gasteiger partial charge in [-0.05, 0) is 35.2 Å². The normalized spacial score (nSPS) is 13.8. The van der Waals surface area contributed by atoms with Crippen molar-refractivity contribution in [3.8, 4) is 5.75 Å². The Hall–Kier alpha value is -3.09. The second-order valence-electron chi connectivity index (χ2n) is 7.20. The van der Waals surface area contributed by atoms with Crippen LogP contribution in [0.4, 0.5) is 17.3 Å². The van der Waals surface area contributed by atoms with Gasteiger partial charge in [0, 0.05) is 5.69 Å². The van der Waals surface area contributed by atoms with E-state index in [0.717, 1.165) is 0 Å². The van der Waals surface area contributed by atoms with E-state index in [4.69, 9.17) is 10.5 Å². The number of benzene rings is 1. The van der Waals surface area contributed by atoms with Crippen LogP contribution in [0.3, 0.4) is 0 Å². The molecule has 1 aliphatic heterocycles. The molecule has 0 fully saturated rings. The first-order valence-corrected chi connectivity index (χ1v) is 8.34. The maximum atomic E-state index is 12.4. The number of amides is 2. The smallest absolute Gasteiger partial charge is 0.266 e. The van der Waals surface area contributed by atoms with Crippen LogP contribution in [-0.2, 0) is 15.0 Å². The number of fused-ring (bicyclic) bond motifs is 1. The lowest BCUT2D eigenvalue weighted by molar-refractivity contribution is -0.123. The van der Waals surface area contributed by atoms with Crippen LogP contribution in [0, 0.1) is 0 Å². The van der Waals surface area contributed by atoms with Crippen molar-refractivity contribution in [2.24, 2.45) is 0 Å². The molecule has 0 aliphatic carbocycles. The van der Waals surface area contributed by atoms with Gasteiger partial charge in [0.2, 0.25) is 5.91 Å². The van der Waals surface area contributed by atoms with Gasteiger partial charge >= 0.3 is 0 Å². The number of nitrogens with one attached hydrogen (secondary N) is 1. The number of aromatic nitrogens is 1. The summed E-state index contributed by atoms with van der Waals surface area (Å²) in [6.07, 6.45) is 0. The van der Waals surface area contributed by atoms with Crippen LogP contribution in [0.25, 0.3) is 0 Å². The second kappa shape index (κ2) is 6.67.